The van der Waals surface area contributed by atoms with Crippen LogP contribution in [0, 0.1) is 0 Å². The van der Waals surface area contributed by atoms with Crippen LogP contribution in [0.15, 0.2) is 65.8 Å². The molecule has 3 aromatic carbocycles. The van der Waals surface area contributed by atoms with Crippen molar-refractivity contribution in [3.05, 3.63) is 82.4 Å². The molecule has 0 saturated heterocycles. The molecule has 0 N–H and O–H groups in total. The molecule has 2 heterocycles. The SMILES string of the molecule is CCCCCCOc1ccc(C2Oc3ccc(Cl)cc3C3CC(c4ccc(OCC)cc4)=NN32)cc1OC. The molecule has 5 rings (SSSR count). The summed E-state index contributed by atoms with van der Waals surface area (Å²) in [5.74, 6) is 3.10. The summed E-state index contributed by atoms with van der Waals surface area (Å²) in [6, 6.07) is 19.9. The van der Waals surface area contributed by atoms with Crippen molar-refractivity contribution in [1.82, 2.24) is 5.01 Å². The number of halogens is 1. The molecule has 6 nitrogen and oxygen atoms in total. The van der Waals surface area contributed by atoms with Crippen molar-refractivity contribution in [3.8, 4) is 23.0 Å². The molecule has 0 spiro atoms. The number of nitrogens with zero attached hydrogens (tertiary/aromatic N) is 2. The fourth-order valence-corrected chi connectivity index (χ4v) is 5.21. The highest BCUT2D eigenvalue weighted by molar-refractivity contribution is 6.30. The van der Waals surface area contributed by atoms with E-state index in [4.69, 9.17) is 35.6 Å². The zero-order chi connectivity index (χ0) is 26.5. The average molecular weight is 535 g/mol. The molecule has 0 amide bonds. The number of hydrogen-bond donors (Lipinski definition) is 0. The molecule has 2 aliphatic rings. The first-order valence-corrected chi connectivity index (χ1v) is 13.8. The standard InChI is InChI=1S/C31H35ClN2O4/c1-4-6-7-8-17-37-29-15-11-22(18-30(29)35-3)31-34-27(25-19-23(32)12-16-28(25)38-31)20-26(33-34)21-9-13-24(14-10-21)36-5-2/h9-16,18-19,27,31H,4-8,17,20H2,1-3H3. The van der Waals surface area contributed by atoms with Crippen LogP contribution in [0.3, 0.4) is 0 Å². The number of hydrogen-bond acceptors (Lipinski definition) is 6. The quantitative estimate of drug-likeness (QED) is 0.234. The monoisotopic (exact) mass is 534 g/mol. The van der Waals surface area contributed by atoms with Gasteiger partial charge in [-0.2, -0.15) is 5.10 Å². The van der Waals surface area contributed by atoms with Crippen LogP contribution in [0.2, 0.25) is 5.02 Å². The minimum Gasteiger partial charge on any atom is -0.494 e. The summed E-state index contributed by atoms with van der Waals surface area (Å²) in [7, 11) is 1.67. The summed E-state index contributed by atoms with van der Waals surface area (Å²) in [6.45, 7) is 5.50. The Bertz CT molecular complexity index is 1280. The first-order valence-electron chi connectivity index (χ1n) is 13.5. The summed E-state index contributed by atoms with van der Waals surface area (Å²) >= 11 is 6.39. The molecule has 7 heteroatoms. The largest absolute Gasteiger partial charge is 0.494 e. The molecular formula is C31H35ClN2O4. The number of fused-ring (bicyclic) bond motifs is 3. The maximum atomic E-state index is 6.53. The van der Waals surface area contributed by atoms with Gasteiger partial charge >= 0.3 is 0 Å². The van der Waals surface area contributed by atoms with Crippen LogP contribution in [-0.2, 0) is 0 Å². The van der Waals surface area contributed by atoms with E-state index in [0.717, 1.165) is 52.5 Å². The Balaban J connectivity index is 1.44. The van der Waals surface area contributed by atoms with Crippen LogP contribution in [0.4, 0.5) is 0 Å². The van der Waals surface area contributed by atoms with E-state index in [2.05, 4.69) is 19.1 Å². The molecule has 38 heavy (non-hydrogen) atoms. The molecule has 0 fully saturated rings. The van der Waals surface area contributed by atoms with Gasteiger partial charge < -0.3 is 18.9 Å². The average Bonchev–Trinajstić information content (AvgIpc) is 3.39. The van der Waals surface area contributed by atoms with E-state index in [1.165, 1.54) is 19.3 Å². The Morgan fingerprint density at radius 1 is 0.947 bits per heavy atom. The Labute approximate surface area is 230 Å². The van der Waals surface area contributed by atoms with Gasteiger partial charge in [0.15, 0.2) is 11.5 Å². The normalized spacial score (nSPS) is 17.8. The van der Waals surface area contributed by atoms with E-state index in [1.807, 2.05) is 60.5 Å². The maximum absolute atomic E-state index is 6.53. The van der Waals surface area contributed by atoms with E-state index in [1.54, 1.807) is 7.11 Å². The smallest absolute Gasteiger partial charge is 0.214 e. The van der Waals surface area contributed by atoms with Gasteiger partial charge in [0, 0.05) is 22.6 Å². The van der Waals surface area contributed by atoms with E-state index in [0.29, 0.717) is 24.0 Å². The maximum Gasteiger partial charge on any atom is 0.214 e. The zero-order valence-electron chi connectivity index (χ0n) is 22.3. The van der Waals surface area contributed by atoms with Crippen molar-refractivity contribution in [1.29, 1.82) is 0 Å². The second-order valence-corrected chi connectivity index (χ2v) is 10.0. The number of unbranched alkanes of at least 4 members (excludes halogenated alkanes) is 3. The van der Waals surface area contributed by atoms with Gasteiger partial charge in [-0.15, -0.1) is 0 Å². The molecule has 2 aliphatic heterocycles. The van der Waals surface area contributed by atoms with E-state index in [-0.39, 0.29) is 6.04 Å². The van der Waals surface area contributed by atoms with E-state index in [9.17, 15) is 0 Å². The van der Waals surface area contributed by atoms with Gasteiger partial charge in [0.25, 0.3) is 0 Å². The van der Waals surface area contributed by atoms with Crippen molar-refractivity contribution in [2.45, 2.75) is 58.2 Å². The number of ether oxygens (including phenoxy) is 4. The Hall–Kier alpha value is -3.38. The van der Waals surface area contributed by atoms with E-state index >= 15 is 0 Å². The molecule has 0 saturated carbocycles. The minimum atomic E-state index is -0.415. The number of rotatable bonds is 11. The second-order valence-electron chi connectivity index (χ2n) is 9.58. The van der Waals surface area contributed by atoms with Crippen molar-refractivity contribution < 1.29 is 18.9 Å². The van der Waals surface area contributed by atoms with E-state index < -0.39 is 6.23 Å². The third-order valence-electron chi connectivity index (χ3n) is 6.98. The van der Waals surface area contributed by atoms with Crippen LogP contribution in [-0.4, -0.2) is 31.0 Å². The lowest BCUT2D eigenvalue weighted by Crippen LogP contribution is -2.33. The van der Waals surface area contributed by atoms with Crippen LogP contribution in [0.5, 0.6) is 23.0 Å². The van der Waals surface area contributed by atoms with Crippen LogP contribution >= 0.6 is 11.6 Å². The van der Waals surface area contributed by atoms with Gasteiger partial charge in [-0.1, -0.05) is 37.8 Å². The lowest BCUT2D eigenvalue weighted by Gasteiger charge is -2.38. The zero-order valence-corrected chi connectivity index (χ0v) is 23.0. The third-order valence-corrected chi connectivity index (χ3v) is 7.21. The van der Waals surface area contributed by atoms with Crippen molar-refractivity contribution >= 4 is 17.3 Å². The second kappa shape index (κ2) is 12.0. The fourth-order valence-electron chi connectivity index (χ4n) is 5.03. The van der Waals surface area contributed by atoms with Gasteiger partial charge in [-0.3, -0.25) is 0 Å². The summed E-state index contributed by atoms with van der Waals surface area (Å²) < 4.78 is 23.9. The lowest BCUT2D eigenvalue weighted by atomic mass is 9.96. The van der Waals surface area contributed by atoms with Crippen LogP contribution in [0.25, 0.3) is 0 Å². The predicted molar refractivity (Wildman–Crippen MR) is 151 cm³/mol. The van der Waals surface area contributed by atoms with Crippen molar-refractivity contribution in [2.24, 2.45) is 5.10 Å². The molecule has 200 valence electrons. The molecule has 0 aliphatic carbocycles. The fraction of sp³-hybridized carbons (Fsp3) is 0.387. The lowest BCUT2D eigenvalue weighted by molar-refractivity contribution is -0.0191. The highest BCUT2D eigenvalue weighted by Gasteiger charge is 2.41. The van der Waals surface area contributed by atoms with Crippen molar-refractivity contribution in [3.63, 3.8) is 0 Å². The molecule has 2 unspecified atom stereocenters. The molecular weight excluding hydrogens is 500 g/mol. The number of methoxy groups -OCH3 is 1. The van der Waals surface area contributed by atoms with Crippen LogP contribution in [0.1, 0.15) is 74.9 Å². The Morgan fingerprint density at radius 3 is 2.55 bits per heavy atom. The highest BCUT2D eigenvalue weighted by atomic mass is 35.5. The van der Waals surface area contributed by atoms with Crippen molar-refractivity contribution in [2.75, 3.05) is 20.3 Å². The first kappa shape index (κ1) is 26.2. The number of hydrazone groups is 1. The predicted octanol–water partition coefficient (Wildman–Crippen LogP) is 7.95. The summed E-state index contributed by atoms with van der Waals surface area (Å²) in [4.78, 5) is 0. The Morgan fingerprint density at radius 2 is 1.79 bits per heavy atom. The molecule has 2 atom stereocenters. The first-order chi connectivity index (χ1) is 18.6. The van der Waals surface area contributed by atoms with Crippen LogP contribution < -0.4 is 18.9 Å². The highest BCUT2D eigenvalue weighted by Crippen LogP contribution is 2.49. The van der Waals surface area contributed by atoms with Gasteiger partial charge in [-0.25, -0.2) is 5.01 Å². The summed E-state index contributed by atoms with van der Waals surface area (Å²) in [6.07, 6.45) is 4.96. The van der Waals surface area contributed by atoms with Gasteiger partial charge in [-0.05, 0) is 79.6 Å². The third kappa shape index (κ3) is 5.56. The topological polar surface area (TPSA) is 52.5 Å². The van der Waals surface area contributed by atoms with Gasteiger partial charge in [0.1, 0.15) is 11.5 Å². The summed E-state index contributed by atoms with van der Waals surface area (Å²) in [5, 5.41) is 7.80. The molecule has 0 aromatic heterocycles. The molecule has 0 radical (unpaired) electrons. The summed E-state index contributed by atoms with van der Waals surface area (Å²) in [5.41, 5.74) is 4.05. The Kier molecular flexibility index (Phi) is 8.28. The van der Waals surface area contributed by atoms with Gasteiger partial charge in [0.05, 0.1) is 32.1 Å². The number of benzene rings is 3. The minimum absolute atomic E-state index is 0.00417. The van der Waals surface area contributed by atoms with Gasteiger partial charge in [0.2, 0.25) is 6.23 Å². The molecule has 0 bridgehead atoms. The molecule has 3 aromatic rings.